The topological polar surface area (TPSA) is 61.8 Å². The summed E-state index contributed by atoms with van der Waals surface area (Å²) < 4.78 is 5.26. The van der Waals surface area contributed by atoms with Gasteiger partial charge in [-0.15, -0.1) is 35.3 Å². The lowest BCUT2D eigenvalue weighted by molar-refractivity contribution is 0.298. The predicted octanol–water partition coefficient (Wildman–Crippen LogP) is 3.74. The third-order valence-corrected chi connectivity index (χ3v) is 5.43. The Bertz CT molecular complexity index is 726. The number of aliphatic imine (C=N–C) groups is 1. The summed E-state index contributed by atoms with van der Waals surface area (Å²) in [5, 5.41) is 7.82. The first-order valence-electron chi connectivity index (χ1n) is 9.20. The predicted molar refractivity (Wildman–Crippen MR) is 129 cm³/mol. The number of aromatic nitrogens is 1. The van der Waals surface area contributed by atoms with Crippen LogP contribution in [0, 0.1) is 13.8 Å². The van der Waals surface area contributed by atoms with E-state index in [1.165, 1.54) is 10.4 Å². The highest BCUT2D eigenvalue weighted by Gasteiger charge is 2.15. The van der Waals surface area contributed by atoms with Crippen LogP contribution < -0.4 is 15.4 Å². The Morgan fingerprint density at radius 3 is 2.39 bits per heavy atom. The van der Waals surface area contributed by atoms with Crippen molar-refractivity contribution in [1.82, 2.24) is 20.5 Å². The van der Waals surface area contributed by atoms with Gasteiger partial charge in [-0.3, -0.25) is 0 Å². The standard InChI is InChI=1S/C20H31N5OS.HI/c1-7-21-20(23-13-19-24-14(2)15(3)27-19)22-12-18(25(4)5)16-8-10-17(26-6)11-9-16;/h8-11,18H,7,12-13H2,1-6H3,(H2,21,22,23);1H. The molecule has 0 fully saturated rings. The van der Waals surface area contributed by atoms with Crippen LogP contribution in [-0.2, 0) is 6.54 Å². The van der Waals surface area contributed by atoms with Gasteiger partial charge in [-0.05, 0) is 52.6 Å². The van der Waals surface area contributed by atoms with Crippen molar-refractivity contribution in [2.24, 2.45) is 4.99 Å². The number of benzene rings is 1. The molecule has 1 aromatic carbocycles. The fraction of sp³-hybridized carbons (Fsp3) is 0.500. The highest BCUT2D eigenvalue weighted by atomic mass is 127. The fourth-order valence-corrected chi connectivity index (χ4v) is 3.57. The monoisotopic (exact) mass is 517 g/mol. The number of likely N-dealkylation sites (N-methyl/N-ethyl adjacent to an activating group) is 1. The van der Waals surface area contributed by atoms with Gasteiger partial charge in [-0.1, -0.05) is 12.1 Å². The van der Waals surface area contributed by atoms with E-state index < -0.39 is 0 Å². The lowest BCUT2D eigenvalue weighted by Gasteiger charge is -2.26. The molecule has 0 amide bonds. The molecule has 0 spiro atoms. The quantitative estimate of drug-likeness (QED) is 0.318. The van der Waals surface area contributed by atoms with Crippen molar-refractivity contribution in [1.29, 1.82) is 0 Å². The molecule has 0 saturated heterocycles. The van der Waals surface area contributed by atoms with Crippen LogP contribution in [0.15, 0.2) is 29.3 Å². The molecule has 0 aliphatic carbocycles. The van der Waals surface area contributed by atoms with E-state index in [2.05, 4.69) is 60.6 Å². The number of nitrogens with one attached hydrogen (secondary N) is 2. The normalized spacial score (nSPS) is 12.5. The van der Waals surface area contributed by atoms with Crippen LogP contribution in [0.4, 0.5) is 0 Å². The van der Waals surface area contributed by atoms with Gasteiger partial charge in [0.2, 0.25) is 0 Å². The summed E-state index contributed by atoms with van der Waals surface area (Å²) in [5.74, 6) is 1.68. The first-order valence-corrected chi connectivity index (χ1v) is 10.0. The molecule has 156 valence electrons. The third kappa shape index (κ3) is 7.21. The molecular weight excluding hydrogens is 485 g/mol. The maximum Gasteiger partial charge on any atom is 0.191 e. The maximum absolute atomic E-state index is 5.26. The first-order chi connectivity index (χ1) is 12.9. The molecule has 0 saturated carbocycles. The van der Waals surface area contributed by atoms with E-state index >= 15 is 0 Å². The Morgan fingerprint density at radius 1 is 1.21 bits per heavy atom. The number of halogens is 1. The van der Waals surface area contributed by atoms with Gasteiger partial charge in [0.15, 0.2) is 5.96 Å². The third-order valence-electron chi connectivity index (χ3n) is 4.38. The molecule has 2 rings (SSSR count). The van der Waals surface area contributed by atoms with E-state index in [1.54, 1.807) is 18.4 Å². The Hall–Kier alpha value is -1.39. The summed E-state index contributed by atoms with van der Waals surface area (Å²) in [6.07, 6.45) is 0. The summed E-state index contributed by atoms with van der Waals surface area (Å²) in [5.41, 5.74) is 2.32. The minimum Gasteiger partial charge on any atom is -0.497 e. The molecule has 0 aliphatic rings. The van der Waals surface area contributed by atoms with Crippen molar-refractivity contribution >= 4 is 41.3 Å². The van der Waals surface area contributed by atoms with Crippen molar-refractivity contribution in [3.05, 3.63) is 45.4 Å². The van der Waals surface area contributed by atoms with Crippen LogP contribution in [0.2, 0.25) is 0 Å². The van der Waals surface area contributed by atoms with Gasteiger partial charge >= 0.3 is 0 Å². The second-order valence-electron chi connectivity index (χ2n) is 6.58. The Morgan fingerprint density at radius 2 is 1.89 bits per heavy atom. The van der Waals surface area contributed by atoms with Gasteiger partial charge in [0.25, 0.3) is 0 Å². The minimum atomic E-state index is 0. The van der Waals surface area contributed by atoms with Gasteiger partial charge in [-0.2, -0.15) is 0 Å². The highest BCUT2D eigenvalue weighted by Crippen LogP contribution is 2.21. The van der Waals surface area contributed by atoms with Crippen molar-refractivity contribution < 1.29 is 4.74 Å². The van der Waals surface area contributed by atoms with Crippen molar-refractivity contribution in [2.75, 3.05) is 34.3 Å². The van der Waals surface area contributed by atoms with E-state index in [4.69, 9.17) is 9.73 Å². The summed E-state index contributed by atoms with van der Waals surface area (Å²) >= 11 is 1.71. The van der Waals surface area contributed by atoms with Gasteiger partial charge in [0, 0.05) is 18.0 Å². The van der Waals surface area contributed by atoms with Crippen LogP contribution in [0.3, 0.4) is 0 Å². The molecule has 2 N–H and O–H groups in total. The van der Waals surface area contributed by atoms with Gasteiger partial charge < -0.3 is 20.3 Å². The second kappa shape index (κ2) is 12.2. The molecule has 28 heavy (non-hydrogen) atoms. The van der Waals surface area contributed by atoms with E-state index in [-0.39, 0.29) is 30.0 Å². The molecule has 2 aromatic rings. The average Bonchev–Trinajstić information content (AvgIpc) is 2.97. The van der Waals surface area contributed by atoms with Crippen molar-refractivity contribution in [2.45, 2.75) is 33.4 Å². The molecule has 0 aliphatic heterocycles. The Kier molecular flexibility index (Phi) is 10.8. The Balaban J connectivity index is 0.00000392. The molecule has 6 nitrogen and oxygen atoms in total. The summed E-state index contributed by atoms with van der Waals surface area (Å²) in [7, 11) is 5.86. The number of nitrogens with zero attached hydrogens (tertiary/aromatic N) is 3. The Labute approximate surface area is 189 Å². The average molecular weight is 517 g/mol. The van der Waals surface area contributed by atoms with Gasteiger partial charge in [0.05, 0.1) is 25.4 Å². The van der Waals surface area contributed by atoms with Crippen LogP contribution in [0.5, 0.6) is 5.75 Å². The highest BCUT2D eigenvalue weighted by molar-refractivity contribution is 14.0. The number of rotatable bonds is 8. The largest absolute Gasteiger partial charge is 0.497 e. The number of hydrogen-bond acceptors (Lipinski definition) is 5. The molecule has 1 heterocycles. The second-order valence-corrected chi connectivity index (χ2v) is 7.87. The zero-order valence-corrected chi connectivity index (χ0v) is 20.7. The zero-order chi connectivity index (χ0) is 19.8. The van der Waals surface area contributed by atoms with Gasteiger partial charge in [0.1, 0.15) is 10.8 Å². The molecular formula is C20H32IN5OS. The van der Waals surface area contributed by atoms with Crippen LogP contribution in [-0.4, -0.2) is 50.1 Å². The van der Waals surface area contributed by atoms with Crippen LogP contribution in [0.1, 0.15) is 34.1 Å². The lowest BCUT2D eigenvalue weighted by atomic mass is 10.1. The minimum absolute atomic E-state index is 0. The van der Waals surface area contributed by atoms with Gasteiger partial charge in [-0.25, -0.2) is 9.98 Å². The smallest absolute Gasteiger partial charge is 0.191 e. The summed E-state index contributed by atoms with van der Waals surface area (Å²) in [4.78, 5) is 12.7. The molecule has 1 atom stereocenters. The fourth-order valence-electron chi connectivity index (χ4n) is 2.71. The SMILES string of the molecule is CCNC(=NCc1nc(C)c(C)s1)NCC(c1ccc(OC)cc1)N(C)C.I. The van der Waals surface area contributed by atoms with Crippen molar-refractivity contribution in [3.63, 3.8) is 0 Å². The number of aryl methyl sites for hydroxylation is 2. The number of ether oxygens (including phenoxy) is 1. The summed E-state index contributed by atoms with van der Waals surface area (Å²) in [6.45, 7) is 8.36. The van der Waals surface area contributed by atoms with Crippen molar-refractivity contribution in [3.8, 4) is 5.75 Å². The van der Waals surface area contributed by atoms with E-state index in [0.717, 1.165) is 35.5 Å². The molecule has 1 unspecified atom stereocenters. The van der Waals surface area contributed by atoms with E-state index in [0.29, 0.717) is 6.54 Å². The summed E-state index contributed by atoms with van der Waals surface area (Å²) in [6, 6.07) is 8.44. The molecule has 0 radical (unpaired) electrons. The number of methoxy groups -OCH3 is 1. The van der Waals surface area contributed by atoms with E-state index in [1.807, 2.05) is 19.1 Å². The number of hydrogen-bond donors (Lipinski definition) is 2. The molecule has 1 aromatic heterocycles. The zero-order valence-electron chi connectivity index (χ0n) is 17.6. The lowest BCUT2D eigenvalue weighted by Crippen LogP contribution is -2.41. The molecule has 0 bridgehead atoms. The van der Waals surface area contributed by atoms with Crippen LogP contribution >= 0.6 is 35.3 Å². The maximum atomic E-state index is 5.26. The first kappa shape index (κ1) is 24.6. The van der Waals surface area contributed by atoms with E-state index in [9.17, 15) is 0 Å². The molecule has 8 heteroatoms. The number of guanidine groups is 1. The van der Waals surface area contributed by atoms with Crippen LogP contribution in [0.25, 0.3) is 0 Å². The number of thiazole rings is 1.